The lowest BCUT2D eigenvalue weighted by Crippen LogP contribution is -2.30. The molecular weight excluding hydrogens is 240 g/mol. The molecule has 1 rings (SSSR count). The predicted octanol–water partition coefficient (Wildman–Crippen LogP) is 1.55. The first-order valence-corrected chi connectivity index (χ1v) is 5.99. The Balaban J connectivity index is 2.76. The van der Waals surface area contributed by atoms with Crippen LogP contribution in [0.4, 0.5) is 5.82 Å². The van der Waals surface area contributed by atoms with Crippen LogP contribution >= 0.6 is 11.6 Å². The number of likely N-dealkylation sites (N-methyl/N-ethyl adjacent to an activating group) is 1. The number of halogens is 1. The van der Waals surface area contributed by atoms with Gasteiger partial charge in [-0.25, -0.2) is 9.97 Å². The summed E-state index contributed by atoms with van der Waals surface area (Å²) in [4.78, 5) is 19.7. The molecular formula is C11H17ClN4O. The van der Waals surface area contributed by atoms with Crippen LogP contribution in [0.25, 0.3) is 0 Å². The van der Waals surface area contributed by atoms with Gasteiger partial charge in [0.2, 0.25) is 5.91 Å². The van der Waals surface area contributed by atoms with E-state index in [1.807, 2.05) is 20.8 Å². The number of aromatic nitrogens is 2. The van der Waals surface area contributed by atoms with Crippen LogP contribution in [0.5, 0.6) is 0 Å². The minimum Gasteiger partial charge on any atom is -0.361 e. The molecule has 0 aliphatic rings. The summed E-state index contributed by atoms with van der Waals surface area (Å²) in [5.41, 5.74) is 0.758. The average molecular weight is 257 g/mol. The number of carbonyl (C=O) groups excluding carboxylic acids is 1. The Bertz CT molecular complexity index is 409. The quantitative estimate of drug-likeness (QED) is 0.785. The molecule has 1 heterocycles. The van der Waals surface area contributed by atoms with Crippen LogP contribution in [0, 0.1) is 6.92 Å². The monoisotopic (exact) mass is 256 g/mol. The van der Waals surface area contributed by atoms with Gasteiger partial charge in [-0.05, 0) is 13.8 Å². The Kier molecular flexibility index (Phi) is 5.15. The van der Waals surface area contributed by atoms with Crippen LogP contribution in [-0.4, -0.2) is 29.0 Å². The zero-order valence-corrected chi connectivity index (χ0v) is 11.1. The summed E-state index contributed by atoms with van der Waals surface area (Å²) in [7, 11) is 0. The average Bonchev–Trinajstić information content (AvgIpc) is 2.31. The number of amides is 1. The summed E-state index contributed by atoms with van der Waals surface area (Å²) in [5.74, 6) is 1.21. The van der Waals surface area contributed by atoms with Crippen LogP contribution in [0.2, 0.25) is 5.15 Å². The largest absolute Gasteiger partial charge is 0.361 e. The molecule has 0 aliphatic carbocycles. The van der Waals surface area contributed by atoms with Crippen molar-refractivity contribution in [3.8, 4) is 0 Å². The lowest BCUT2D eigenvalue weighted by atomic mass is 10.3. The molecule has 0 fully saturated rings. The van der Waals surface area contributed by atoms with Crippen molar-refractivity contribution >= 4 is 23.3 Å². The van der Waals surface area contributed by atoms with Gasteiger partial charge in [0.15, 0.2) is 0 Å². The lowest BCUT2D eigenvalue weighted by Gasteiger charge is -2.10. The molecule has 5 nitrogen and oxygen atoms in total. The second-order valence-corrected chi connectivity index (χ2v) is 3.92. The standard InChI is InChI=1S/C11H17ClN4O/c1-4-8-15-10(12)7(3)11(16-8)14-6-9(17)13-5-2/h4-6H2,1-3H3,(H,13,17)(H,14,15,16). The number of hydrogen-bond acceptors (Lipinski definition) is 4. The van der Waals surface area contributed by atoms with Gasteiger partial charge in [-0.1, -0.05) is 18.5 Å². The lowest BCUT2D eigenvalue weighted by molar-refractivity contribution is -0.119. The van der Waals surface area contributed by atoms with Crippen molar-refractivity contribution in [2.24, 2.45) is 0 Å². The minimum absolute atomic E-state index is 0.0697. The van der Waals surface area contributed by atoms with Gasteiger partial charge in [-0.2, -0.15) is 0 Å². The number of anilines is 1. The second-order valence-electron chi connectivity index (χ2n) is 3.56. The summed E-state index contributed by atoms with van der Waals surface area (Å²) in [5, 5.41) is 6.09. The van der Waals surface area contributed by atoms with Crippen molar-refractivity contribution in [3.63, 3.8) is 0 Å². The molecule has 0 aromatic carbocycles. The third-order valence-corrected chi connectivity index (χ3v) is 2.61. The number of nitrogens with one attached hydrogen (secondary N) is 2. The minimum atomic E-state index is -0.0697. The molecule has 94 valence electrons. The Labute approximate surface area is 106 Å². The van der Waals surface area contributed by atoms with E-state index >= 15 is 0 Å². The molecule has 0 saturated carbocycles. The van der Waals surface area contributed by atoms with E-state index in [4.69, 9.17) is 11.6 Å². The molecule has 0 saturated heterocycles. The molecule has 0 bridgehead atoms. The molecule has 1 aromatic heterocycles. The molecule has 1 aromatic rings. The normalized spacial score (nSPS) is 10.1. The van der Waals surface area contributed by atoms with E-state index in [-0.39, 0.29) is 12.5 Å². The van der Waals surface area contributed by atoms with Crippen molar-refractivity contribution < 1.29 is 4.79 Å². The molecule has 0 radical (unpaired) electrons. The number of aryl methyl sites for hydroxylation is 1. The molecule has 2 N–H and O–H groups in total. The highest BCUT2D eigenvalue weighted by molar-refractivity contribution is 6.30. The summed E-state index contributed by atoms with van der Waals surface area (Å²) < 4.78 is 0. The van der Waals surface area contributed by atoms with Gasteiger partial charge >= 0.3 is 0 Å². The van der Waals surface area contributed by atoms with E-state index in [9.17, 15) is 4.79 Å². The summed E-state index contributed by atoms with van der Waals surface area (Å²) in [6.45, 7) is 6.45. The molecule has 0 spiro atoms. The van der Waals surface area contributed by atoms with Gasteiger partial charge in [0.25, 0.3) is 0 Å². The van der Waals surface area contributed by atoms with Crippen LogP contribution in [0.3, 0.4) is 0 Å². The van der Waals surface area contributed by atoms with Crippen molar-refractivity contribution in [2.75, 3.05) is 18.4 Å². The van der Waals surface area contributed by atoms with Gasteiger partial charge < -0.3 is 10.6 Å². The van der Waals surface area contributed by atoms with E-state index in [1.165, 1.54) is 0 Å². The number of carbonyl (C=O) groups is 1. The highest BCUT2D eigenvalue weighted by Crippen LogP contribution is 2.19. The fraction of sp³-hybridized carbons (Fsp3) is 0.545. The molecule has 0 unspecified atom stereocenters. The van der Waals surface area contributed by atoms with Crippen molar-refractivity contribution in [3.05, 3.63) is 16.5 Å². The van der Waals surface area contributed by atoms with Crippen LogP contribution in [0.15, 0.2) is 0 Å². The second kappa shape index (κ2) is 6.39. The summed E-state index contributed by atoms with van der Waals surface area (Å²) >= 11 is 5.98. The molecule has 0 aliphatic heterocycles. The van der Waals surface area contributed by atoms with Gasteiger partial charge in [-0.15, -0.1) is 0 Å². The van der Waals surface area contributed by atoms with Gasteiger partial charge in [-0.3, -0.25) is 4.79 Å². The maximum absolute atomic E-state index is 11.3. The fourth-order valence-corrected chi connectivity index (χ4v) is 1.47. The first-order valence-electron chi connectivity index (χ1n) is 5.62. The molecule has 17 heavy (non-hydrogen) atoms. The van der Waals surface area contributed by atoms with Gasteiger partial charge in [0, 0.05) is 18.5 Å². The van der Waals surface area contributed by atoms with E-state index in [0.29, 0.717) is 29.8 Å². The Morgan fingerprint density at radius 3 is 2.65 bits per heavy atom. The topological polar surface area (TPSA) is 66.9 Å². The van der Waals surface area contributed by atoms with Gasteiger partial charge in [0.1, 0.15) is 16.8 Å². The van der Waals surface area contributed by atoms with E-state index in [1.54, 1.807) is 0 Å². The SMILES string of the molecule is CCNC(=O)CNc1nc(CC)nc(Cl)c1C. The predicted molar refractivity (Wildman–Crippen MR) is 68.3 cm³/mol. The Morgan fingerprint density at radius 2 is 2.06 bits per heavy atom. The van der Waals surface area contributed by atoms with Gasteiger partial charge in [0.05, 0.1) is 6.54 Å². The molecule has 6 heteroatoms. The maximum Gasteiger partial charge on any atom is 0.239 e. The summed E-state index contributed by atoms with van der Waals surface area (Å²) in [6.07, 6.45) is 0.704. The highest BCUT2D eigenvalue weighted by Gasteiger charge is 2.09. The fourth-order valence-electron chi connectivity index (χ4n) is 1.29. The van der Waals surface area contributed by atoms with Crippen molar-refractivity contribution in [2.45, 2.75) is 27.2 Å². The summed E-state index contributed by atoms with van der Waals surface area (Å²) in [6, 6.07) is 0. The van der Waals surface area contributed by atoms with E-state index in [2.05, 4.69) is 20.6 Å². The van der Waals surface area contributed by atoms with Crippen LogP contribution in [0.1, 0.15) is 25.2 Å². The van der Waals surface area contributed by atoms with E-state index < -0.39 is 0 Å². The Hall–Kier alpha value is -1.36. The Morgan fingerprint density at radius 1 is 1.35 bits per heavy atom. The maximum atomic E-state index is 11.3. The number of rotatable bonds is 5. The molecule has 1 amide bonds. The zero-order valence-electron chi connectivity index (χ0n) is 10.3. The third-order valence-electron chi connectivity index (χ3n) is 2.24. The van der Waals surface area contributed by atoms with E-state index in [0.717, 1.165) is 5.56 Å². The van der Waals surface area contributed by atoms with Crippen LogP contribution < -0.4 is 10.6 Å². The first-order chi connectivity index (χ1) is 8.08. The molecule has 0 atom stereocenters. The highest BCUT2D eigenvalue weighted by atomic mass is 35.5. The zero-order chi connectivity index (χ0) is 12.8. The third kappa shape index (κ3) is 3.85. The first kappa shape index (κ1) is 13.7. The van der Waals surface area contributed by atoms with Crippen molar-refractivity contribution in [1.29, 1.82) is 0 Å². The number of nitrogens with zero attached hydrogens (tertiary/aromatic N) is 2. The smallest absolute Gasteiger partial charge is 0.239 e. The van der Waals surface area contributed by atoms with Crippen molar-refractivity contribution in [1.82, 2.24) is 15.3 Å². The number of hydrogen-bond donors (Lipinski definition) is 2. The van der Waals surface area contributed by atoms with Crippen LogP contribution in [-0.2, 0) is 11.2 Å².